The van der Waals surface area contributed by atoms with E-state index in [9.17, 15) is 0 Å². The fraction of sp³-hybridized carbons (Fsp3) is 0.103. The van der Waals surface area contributed by atoms with Crippen molar-refractivity contribution in [2.45, 2.75) is 18.1 Å². The van der Waals surface area contributed by atoms with Gasteiger partial charge in [0.15, 0.2) is 0 Å². The minimum atomic E-state index is 0.486. The molecule has 0 unspecified atom stereocenters. The number of nitrogens with zero attached hydrogens (tertiary/aromatic N) is 1. The molecule has 0 saturated heterocycles. The van der Waals surface area contributed by atoms with E-state index in [2.05, 4.69) is 77.4 Å². The Morgan fingerprint density at radius 1 is 0.727 bits per heavy atom. The molecule has 5 aromatic rings. The fourth-order valence-electron chi connectivity index (χ4n) is 3.96. The van der Waals surface area contributed by atoms with Gasteiger partial charge in [-0.3, -0.25) is 4.40 Å². The highest BCUT2D eigenvalue weighted by Gasteiger charge is 2.15. The summed E-state index contributed by atoms with van der Waals surface area (Å²) in [5.41, 5.74) is 5.69. The Labute approximate surface area is 198 Å². The molecule has 0 fully saturated rings. The van der Waals surface area contributed by atoms with Crippen molar-refractivity contribution in [1.29, 1.82) is 0 Å². The van der Waals surface area contributed by atoms with Crippen LogP contribution < -0.4 is 9.47 Å². The first kappa shape index (κ1) is 21.2. The molecule has 0 spiro atoms. The SMILES string of the molecule is CSc1cc2c(OCc3ccccc3)cccn2c1OCc1ccccc1-c1ccccc1. The molecule has 0 N–H and O–H groups in total. The Hall–Kier alpha value is -3.63. The van der Waals surface area contributed by atoms with Crippen LogP contribution in [0.2, 0.25) is 0 Å². The van der Waals surface area contributed by atoms with E-state index < -0.39 is 0 Å². The highest BCUT2D eigenvalue weighted by atomic mass is 32.2. The summed E-state index contributed by atoms with van der Waals surface area (Å²) < 4.78 is 14.7. The van der Waals surface area contributed by atoms with Gasteiger partial charge in [0, 0.05) is 6.20 Å². The van der Waals surface area contributed by atoms with Gasteiger partial charge in [-0.05, 0) is 46.7 Å². The minimum Gasteiger partial charge on any atom is -0.487 e. The molecule has 0 aliphatic carbocycles. The summed E-state index contributed by atoms with van der Waals surface area (Å²) in [5, 5.41) is 0. The van der Waals surface area contributed by atoms with Crippen molar-refractivity contribution in [3.8, 4) is 22.8 Å². The highest BCUT2D eigenvalue weighted by molar-refractivity contribution is 7.98. The molecule has 0 saturated carbocycles. The van der Waals surface area contributed by atoms with E-state index in [1.807, 2.05) is 42.6 Å². The Morgan fingerprint density at radius 3 is 2.24 bits per heavy atom. The van der Waals surface area contributed by atoms with Crippen molar-refractivity contribution in [2.24, 2.45) is 0 Å². The number of benzene rings is 3. The van der Waals surface area contributed by atoms with Gasteiger partial charge >= 0.3 is 0 Å². The maximum absolute atomic E-state index is 6.43. The summed E-state index contributed by atoms with van der Waals surface area (Å²) in [6.45, 7) is 1.01. The molecule has 3 aromatic carbocycles. The first-order valence-electron chi connectivity index (χ1n) is 10.9. The van der Waals surface area contributed by atoms with Crippen LogP contribution in [0.25, 0.3) is 16.6 Å². The maximum atomic E-state index is 6.43. The number of fused-ring (bicyclic) bond motifs is 1. The third kappa shape index (κ3) is 4.62. The van der Waals surface area contributed by atoms with Gasteiger partial charge in [-0.15, -0.1) is 11.8 Å². The van der Waals surface area contributed by atoms with Crippen LogP contribution in [-0.2, 0) is 13.2 Å². The molecule has 0 radical (unpaired) electrons. The van der Waals surface area contributed by atoms with Gasteiger partial charge in [-0.1, -0.05) is 84.9 Å². The molecule has 164 valence electrons. The number of ether oxygens (including phenoxy) is 2. The number of hydrogen-bond acceptors (Lipinski definition) is 3. The molecule has 0 aliphatic heterocycles. The third-order valence-electron chi connectivity index (χ3n) is 5.62. The van der Waals surface area contributed by atoms with Crippen molar-refractivity contribution in [3.63, 3.8) is 0 Å². The fourth-order valence-corrected chi connectivity index (χ4v) is 4.52. The first-order chi connectivity index (χ1) is 16.3. The average molecular weight is 452 g/mol. The van der Waals surface area contributed by atoms with E-state index in [0.717, 1.165) is 33.2 Å². The van der Waals surface area contributed by atoms with Crippen LogP contribution in [0.5, 0.6) is 11.6 Å². The standard InChI is InChI=1S/C29H25NO2S/c1-33-28-19-26-27(31-20-22-11-4-2-5-12-22)17-10-18-30(26)29(28)32-21-24-15-8-9-16-25(24)23-13-6-3-7-14-23/h2-19H,20-21H2,1H3. The molecule has 3 nitrogen and oxygen atoms in total. The number of hydrogen-bond donors (Lipinski definition) is 0. The van der Waals surface area contributed by atoms with Gasteiger partial charge in [0.05, 0.1) is 10.4 Å². The van der Waals surface area contributed by atoms with E-state index >= 15 is 0 Å². The van der Waals surface area contributed by atoms with E-state index in [0.29, 0.717) is 13.2 Å². The minimum absolute atomic E-state index is 0.486. The van der Waals surface area contributed by atoms with Crippen molar-refractivity contribution < 1.29 is 9.47 Å². The lowest BCUT2D eigenvalue weighted by Gasteiger charge is -2.13. The zero-order valence-electron chi connectivity index (χ0n) is 18.5. The summed E-state index contributed by atoms with van der Waals surface area (Å²) in [6.07, 6.45) is 4.10. The zero-order valence-corrected chi connectivity index (χ0v) is 19.3. The molecule has 4 heteroatoms. The molecule has 0 amide bonds. The molecule has 33 heavy (non-hydrogen) atoms. The van der Waals surface area contributed by atoms with Crippen LogP contribution in [0.3, 0.4) is 0 Å². The Bertz CT molecular complexity index is 1350. The monoisotopic (exact) mass is 451 g/mol. The van der Waals surface area contributed by atoms with Gasteiger partial charge in [0.25, 0.3) is 0 Å². The molecule has 5 rings (SSSR count). The smallest absolute Gasteiger partial charge is 0.212 e. The van der Waals surface area contributed by atoms with Crippen LogP contribution in [0.4, 0.5) is 0 Å². The Balaban J connectivity index is 1.42. The summed E-state index contributed by atoms with van der Waals surface area (Å²) in [7, 11) is 0. The normalized spacial score (nSPS) is 10.9. The summed E-state index contributed by atoms with van der Waals surface area (Å²) >= 11 is 1.68. The van der Waals surface area contributed by atoms with Gasteiger partial charge in [0.2, 0.25) is 5.88 Å². The lowest BCUT2D eigenvalue weighted by Crippen LogP contribution is -2.01. The number of thioether (sulfide) groups is 1. The van der Waals surface area contributed by atoms with E-state index in [-0.39, 0.29) is 0 Å². The summed E-state index contributed by atoms with van der Waals surface area (Å²) in [4.78, 5) is 1.09. The largest absolute Gasteiger partial charge is 0.487 e. The van der Waals surface area contributed by atoms with E-state index in [1.54, 1.807) is 11.8 Å². The highest BCUT2D eigenvalue weighted by Crippen LogP contribution is 2.36. The predicted octanol–water partition coefficient (Wildman–Crippen LogP) is 7.49. The topological polar surface area (TPSA) is 22.9 Å². The average Bonchev–Trinajstić information content (AvgIpc) is 3.26. The molecule has 0 aliphatic rings. The lowest BCUT2D eigenvalue weighted by molar-refractivity contribution is 0.283. The maximum Gasteiger partial charge on any atom is 0.212 e. The molecule has 2 aromatic heterocycles. The Morgan fingerprint density at radius 2 is 1.45 bits per heavy atom. The lowest BCUT2D eigenvalue weighted by atomic mass is 10.0. The van der Waals surface area contributed by atoms with Gasteiger partial charge in [-0.25, -0.2) is 0 Å². The molecular formula is C29H25NO2S. The zero-order chi connectivity index (χ0) is 22.5. The van der Waals surface area contributed by atoms with Crippen molar-refractivity contribution in [2.75, 3.05) is 6.26 Å². The first-order valence-corrected chi connectivity index (χ1v) is 12.2. The van der Waals surface area contributed by atoms with Gasteiger partial charge in [-0.2, -0.15) is 0 Å². The van der Waals surface area contributed by atoms with Crippen molar-refractivity contribution in [1.82, 2.24) is 4.40 Å². The molecule has 2 heterocycles. The van der Waals surface area contributed by atoms with E-state index in [4.69, 9.17) is 9.47 Å². The van der Waals surface area contributed by atoms with Crippen LogP contribution >= 0.6 is 11.8 Å². The number of pyridine rings is 1. The van der Waals surface area contributed by atoms with Crippen molar-refractivity contribution >= 4 is 17.3 Å². The van der Waals surface area contributed by atoms with Crippen LogP contribution in [0, 0.1) is 0 Å². The summed E-state index contributed by atoms with van der Waals surface area (Å²) in [6, 6.07) is 35.2. The van der Waals surface area contributed by atoms with Crippen LogP contribution in [0.1, 0.15) is 11.1 Å². The van der Waals surface area contributed by atoms with Crippen molar-refractivity contribution in [3.05, 3.63) is 120 Å². The number of rotatable bonds is 8. The van der Waals surface area contributed by atoms with Gasteiger partial charge in [0.1, 0.15) is 19.0 Å². The number of aromatic nitrogens is 1. The second-order valence-corrected chi connectivity index (χ2v) is 8.58. The second-order valence-electron chi connectivity index (χ2n) is 7.73. The summed E-state index contributed by atoms with van der Waals surface area (Å²) in [5.74, 6) is 1.68. The third-order valence-corrected chi connectivity index (χ3v) is 6.35. The second kappa shape index (κ2) is 9.88. The van der Waals surface area contributed by atoms with Gasteiger partial charge < -0.3 is 9.47 Å². The predicted molar refractivity (Wildman–Crippen MR) is 136 cm³/mol. The molecular weight excluding hydrogens is 426 g/mol. The molecule has 0 atom stereocenters. The quantitative estimate of drug-likeness (QED) is 0.228. The Kier molecular flexibility index (Phi) is 6.36. The molecule has 0 bridgehead atoms. The van der Waals surface area contributed by atoms with E-state index in [1.165, 1.54) is 11.1 Å². The van der Waals surface area contributed by atoms with Crippen LogP contribution in [-0.4, -0.2) is 10.7 Å². The van der Waals surface area contributed by atoms with Crippen LogP contribution in [0.15, 0.2) is 114 Å².